The zero-order chi connectivity index (χ0) is 29.6. The van der Waals surface area contributed by atoms with Crippen LogP contribution in [0.2, 0.25) is 0 Å². The Morgan fingerprint density at radius 3 is 2.30 bits per heavy atom. The first-order chi connectivity index (χ1) is 21.1. The number of fused-ring (bicyclic) bond motifs is 1. The lowest BCUT2D eigenvalue weighted by Gasteiger charge is -2.10. The Bertz CT molecular complexity index is 1920. The summed E-state index contributed by atoms with van der Waals surface area (Å²) in [5.74, 6) is 0.575. The Balaban J connectivity index is 1.21. The van der Waals surface area contributed by atoms with Gasteiger partial charge in [-0.25, -0.2) is 4.68 Å². The van der Waals surface area contributed by atoms with Crippen molar-refractivity contribution in [2.24, 2.45) is 0 Å². The topological polar surface area (TPSA) is 126 Å². The highest BCUT2D eigenvalue weighted by Gasteiger charge is 2.23. The number of nitrogen functional groups attached to an aromatic ring is 1. The number of unbranched alkanes of at least 4 members (excludes halogenated alkanes) is 1. The van der Waals surface area contributed by atoms with E-state index in [0.29, 0.717) is 24.5 Å². The van der Waals surface area contributed by atoms with Gasteiger partial charge >= 0.3 is 0 Å². The number of carbonyl (C=O) groups is 1. The van der Waals surface area contributed by atoms with Crippen LogP contribution in [0.4, 0.5) is 5.69 Å². The first kappa shape index (κ1) is 27.6. The van der Waals surface area contributed by atoms with Crippen LogP contribution in [-0.4, -0.2) is 32.6 Å². The number of nitrogens with zero attached hydrogens (tertiary/aromatic N) is 4. The number of carbonyl (C=O) groups excluding carboxylic acids is 1. The molecule has 0 fully saturated rings. The molecule has 0 amide bonds. The normalized spacial score (nSPS) is 11.1. The minimum absolute atomic E-state index is 0.00898. The second-order valence-corrected chi connectivity index (χ2v) is 10.1. The summed E-state index contributed by atoms with van der Waals surface area (Å²) in [4.78, 5) is 26.9. The maximum Gasteiger partial charge on any atom is 0.220 e. The van der Waals surface area contributed by atoms with E-state index in [1.54, 1.807) is 42.5 Å². The molecule has 2 aromatic heterocycles. The molecule has 0 saturated carbocycles. The summed E-state index contributed by atoms with van der Waals surface area (Å²) in [5, 5.41) is 12.1. The molecule has 2 heterocycles. The number of benzene rings is 4. The van der Waals surface area contributed by atoms with Gasteiger partial charge < -0.3 is 14.9 Å². The van der Waals surface area contributed by atoms with E-state index in [0.717, 1.165) is 24.8 Å². The van der Waals surface area contributed by atoms with E-state index in [2.05, 4.69) is 27.7 Å². The van der Waals surface area contributed by atoms with Gasteiger partial charge in [-0.15, -0.1) is 5.10 Å². The number of ketones is 1. The van der Waals surface area contributed by atoms with E-state index in [-0.39, 0.29) is 39.6 Å². The lowest BCUT2D eigenvalue weighted by atomic mass is 10.0. The van der Waals surface area contributed by atoms with E-state index in [9.17, 15) is 9.59 Å². The Hall–Kier alpha value is -5.57. The molecule has 0 bridgehead atoms. The van der Waals surface area contributed by atoms with Crippen LogP contribution in [0.3, 0.4) is 0 Å². The highest BCUT2D eigenvalue weighted by atomic mass is 16.5. The molecule has 0 atom stereocenters. The van der Waals surface area contributed by atoms with Crippen molar-refractivity contribution < 1.29 is 13.9 Å². The fraction of sp³-hybridized carbons (Fsp3) is 0.147. The number of hydrogen-bond donors (Lipinski definition) is 1. The van der Waals surface area contributed by atoms with Crippen molar-refractivity contribution in [2.45, 2.75) is 25.8 Å². The summed E-state index contributed by atoms with van der Waals surface area (Å²) in [5.41, 5.74) is 8.68. The highest BCUT2D eigenvalue weighted by molar-refractivity contribution is 6.15. The minimum Gasteiger partial charge on any atom is -0.494 e. The van der Waals surface area contributed by atoms with Crippen molar-refractivity contribution in [3.05, 3.63) is 136 Å². The molecule has 0 aliphatic rings. The summed E-state index contributed by atoms with van der Waals surface area (Å²) in [6.45, 7) is 0.926. The van der Waals surface area contributed by atoms with Crippen LogP contribution in [-0.2, 0) is 13.0 Å². The Morgan fingerprint density at radius 2 is 1.56 bits per heavy atom. The third-order valence-electron chi connectivity index (χ3n) is 7.20. The first-order valence-corrected chi connectivity index (χ1v) is 14.1. The van der Waals surface area contributed by atoms with Crippen LogP contribution in [0.15, 0.2) is 112 Å². The molecular weight excluding hydrogens is 542 g/mol. The van der Waals surface area contributed by atoms with Crippen LogP contribution in [0.1, 0.15) is 39.9 Å². The molecule has 6 rings (SSSR count). The number of tetrazole rings is 1. The predicted octanol–water partition coefficient (Wildman–Crippen LogP) is 5.71. The van der Waals surface area contributed by atoms with Crippen molar-refractivity contribution in [1.29, 1.82) is 0 Å². The van der Waals surface area contributed by atoms with Gasteiger partial charge in [-0.2, -0.15) is 0 Å². The van der Waals surface area contributed by atoms with Gasteiger partial charge in [0.05, 0.1) is 24.1 Å². The van der Waals surface area contributed by atoms with Crippen molar-refractivity contribution >= 4 is 22.4 Å². The van der Waals surface area contributed by atoms with Crippen LogP contribution in [0, 0.1) is 0 Å². The van der Waals surface area contributed by atoms with Gasteiger partial charge in [0.25, 0.3) is 0 Å². The lowest BCUT2D eigenvalue weighted by molar-refractivity contribution is 0.103. The van der Waals surface area contributed by atoms with Crippen molar-refractivity contribution in [2.75, 3.05) is 12.3 Å². The number of aryl methyl sites for hydroxylation is 1. The summed E-state index contributed by atoms with van der Waals surface area (Å²) in [6.07, 6.45) is 2.96. The largest absolute Gasteiger partial charge is 0.494 e. The van der Waals surface area contributed by atoms with E-state index in [1.165, 1.54) is 10.2 Å². The Morgan fingerprint density at radius 1 is 0.837 bits per heavy atom. The van der Waals surface area contributed by atoms with Crippen LogP contribution >= 0.6 is 0 Å². The van der Waals surface area contributed by atoms with Gasteiger partial charge in [0.2, 0.25) is 17.0 Å². The number of anilines is 1. The molecule has 0 aliphatic carbocycles. The van der Waals surface area contributed by atoms with Crippen LogP contribution in [0.25, 0.3) is 22.6 Å². The molecule has 0 radical (unpaired) electrons. The number of hydrogen-bond acceptors (Lipinski definition) is 8. The van der Waals surface area contributed by atoms with Gasteiger partial charge in [0.15, 0.2) is 5.78 Å². The molecule has 6 aromatic rings. The van der Waals surface area contributed by atoms with E-state index in [1.807, 2.05) is 48.5 Å². The average molecular weight is 572 g/mol. The Kier molecular flexibility index (Phi) is 8.04. The standard InChI is InChI=1S/C34H29N5O4/c35-29-31(41)28-16-9-15-27(32(28)43-33(29)34-36-37-38-39(34)22-24-13-5-2-6-14-24)30(40)25-17-19-26(20-18-25)42-21-8-7-12-23-10-3-1-4-11-23/h1-6,9-11,13-20H,7-8,12,21-22,35H2. The van der Waals surface area contributed by atoms with Crippen LogP contribution < -0.4 is 15.9 Å². The molecule has 0 unspecified atom stereocenters. The molecule has 0 aliphatic heterocycles. The second-order valence-electron chi connectivity index (χ2n) is 10.1. The minimum atomic E-state index is -0.462. The number of ether oxygens (including phenoxy) is 1. The monoisotopic (exact) mass is 571 g/mol. The third kappa shape index (κ3) is 6.06. The molecule has 9 nitrogen and oxygen atoms in total. The number of rotatable bonds is 11. The quantitative estimate of drug-likeness (QED) is 0.155. The van der Waals surface area contributed by atoms with Gasteiger partial charge in [-0.3, -0.25) is 9.59 Å². The fourth-order valence-electron chi connectivity index (χ4n) is 4.93. The SMILES string of the molecule is Nc1c(-c2nnnn2Cc2ccccc2)oc2c(C(=O)c3ccc(OCCCCc4ccccc4)cc3)cccc2c1=O. The van der Waals surface area contributed by atoms with Gasteiger partial charge in [-0.1, -0.05) is 66.7 Å². The summed E-state index contributed by atoms with van der Waals surface area (Å²) in [6, 6.07) is 31.8. The zero-order valence-electron chi connectivity index (χ0n) is 23.3. The molecular formula is C34H29N5O4. The van der Waals surface area contributed by atoms with Gasteiger partial charge in [0.1, 0.15) is 17.0 Å². The van der Waals surface area contributed by atoms with Crippen molar-refractivity contribution in [3.8, 4) is 17.3 Å². The maximum atomic E-state index is 13.6. The summed E-state index contributed by atoms with van der Waals surface area (Å²) in [7, 11) is 0. The lowest BCUT2D eigenvalue weighted by Crippen LogP contribution is -2.14. The van der Waals surface area contributed by atoms with Gasteiger partial charge in [-0.05, 0) is 77.2 Å². The van der Waals surface area contributed by atoms with E-state index in [4.69, 9.17) is 14.9 Å². The zero-order valence-corrected chi connectivity index (χ0v) is 23.3. The second kappa shape index (κ2) is 12.5. The average Bonchev–Trinajstić information content (AvgIpc) is 3.51. The number of nitrogens with two attached hydrogens (primary N) is 1. The third-order valence-corrected chi connectivity index (χ3v) is 7.20. The predicted molar refractivity (Wildman–Crippen MR) is 164 cm³/mol. The fourth-order valence-corrected chi connectivity index (χ4v) is 4.93. The maximum absolute atomic E-state index is 13.6. The molecule has 43 heavy (non-hydrogen) atoms. The molecule has 4 aromatic carbocycles. The number of aromatic nitrogens is 4. The van der Waals surface area contributed by atoms with Gasteiger partial charge in [0, 0.05) is 5.56 Å². The smallest absolute Gasteiger partial charge is 0.220 e. The van der Waals surface area contributed by atoms with E-state index >= 15 is 0 Å². The molecule has 9 heteroatoms. The summed E-state index contributed by atoms with van der Waals surface area (Å²) >= 11 is 0. The molecule has 0 spiro atoms. The molecule has 214 valence electrons. The molecule has 2 N–H and O–H groups in total. The van der Waals surface area contributed by atoms with E-state index < -0.39 is 5.43 Å². The van der Waals surface area contributed by atoms with Crippen LogP contribution in [0.5, 0.6) is 5.75 Å². The first-order valence-electron chi connectivity index (χ1n) is 14.1. The Labute approximate surface area is 247 Å². The van der Waals surface area contributed by atoms with Crippen molar-refractivity contribution in [1.82, 2.24) is 20.2 Å². The summed E-state index contributed by atoms with van der Waals surface area (Å²) < 4.78 is 13.6. The molecule has 0 saturated heterocycles. The number of para-hydroxylation sites is 1. The highest BCUT2D eigenvalue weighted by Crippen LogP contribution is 2.29. The van der Waals surface area contributed by atoms with Crippen molar-refractivity contribution in [3.63, 3.8) is 0 Å².